The monoisotopic (exact) mass is 292 g/mol. The van der Waals surface area contributed by atoms with Crippen LogP contribution in [-0.2, 0) is 0 Å². The van der Waals surface area contributed by atoms with Crippen molar-refractivity contribution in [1.82, 2.24) is 15.6 Å². The number of hydrogen-bond acceptors (Lipinski definition) is 4. The van der Waals surface area contributed by atoms with Crippen molar-refractivity contribution in [3.05, 3.63) is 29.8 Å². The van der Waals surface area contributed by atoms with Gasteiger partial charge in [0.2, 0.25) is 0 Å². The highest BCUT2D eigenvalue weighted by Gasteiger charge is 1.97. The van der Waals surface area contributed by atoms with E-state index in [9.17, 15) is 4.79 Å². The van der Waals surface area contributed by atoms with Crippen LogP contribution in [0.5, 0.6) is 5.75 Å². The third-order valence-corrected chi connectivity index (χ3v) is 2.84. The van der Waals surface area contributed by atoms with Crippen molar-refractivity contribution in [2.75, 3.05) is 27.2 Å². The highest BCUT2D eigenvalue weighted by molar-refractivity contribution is 5.81. The number of carbonyl (C=O) groups excluding carboxylic acids is 1. The molecule has 0 aromatic heterocycles. The number of hydrazone groups is 1. The summed E-state index contributed by atoms with van der Waals surface area (Å²) in [5, 5.41) is 15.7. The van der Waals surface area contributed by atoms with Gasteiger partial charge in [0.05, 0.1) is 6.21 Å². The summed E-state index contributed by atoms with van der Waals surface area (Å²) in [6.07, 6.45) is 4.71. The topological polar surface area (TPSA) is 77.0 Å². The van der Waals surface area contributed by atoms with Crippen molar-refractivity contribution in [3.63, 3.8) is 0 Å². The lowest BCUT2D eigenvalue weighted by atomic mass is 10.2. The molecular weight excluding hydrogens is 268 g/mol. The number of phenols is 1. The number of amides is 2. The van der Waals surface area contributed by atoms with Crippen LogP contribution in [0, 0.1) is 0 Å². The number of nitrogens with zero attached hydrogens (tertiary/aromatic N) is 2. The fourth-order valence-electron chi connectivity index (χ4n) is 1.70. The van der Waals surface area contributed by atoms with Gasteiger partial charge in [-0.15, -0.1) is 0 Å². The Morgan fingerprint density at radius 3 is 2.62 bits per heavy atom. The average Bonchev–Trinajstić information content (AvgIpc) is 2.44. The molecule has 0 atom stereocenters. The molecule has 1 aromatic carbocycles. The zero-order chi connectivity index (χ0) is 15.5. The van der Waals surface area contributed by atoms with Crippen LogP contribution in [0.15, 0.2) is 29.4 Å². The minimum atomic E-state index is -0.308. The average molecular weight is 292 g/mol. The quantitative estimate of drug-likeness (QED) is 0.388. The van der Waals surface area contributed by atoms with E-state index in [1.165, 1.54) is 6.21 Å². The summed E-state index contributed by atoms with van der Waals surface area (Å²) in [4.78, 5) is 13.6. The SMILES string of the molecule is CN(C)CCCCCNC(=O)N/N=C/c1ccc(O)cc1. The lowest BCUT2D eigenvalue weighted by Gasteiger charge is -2.08. The number of carbonyl (C=O) groups is 1. The first-order chi connectivity index (χ1) is 10.1. The maximum atomic E-state index is 11.4. The molecule has 2 amide bonds. The molecule has 1 rings (SSSR count). The Balaban J connectivity index is 2.09. The summed E-state index contributed by atoms with van der Waals surface area (Å²) in [5.74, 6) is 0.201. The van der Waals surface area contributed by atoms with Crippen LogP contribution in [-0.4, -0.2) is 49.4 Å². The molecule has 0 fully saturated rings. The molecule has 6 nitrogen and oxygen atoms in total. The number of urea groups is 1. The Morgan fingerprint density at radius 2 is 1.95 bits per heavy atom. The smallest absolute Gasteiger partial charge is 0.335 e. The predicted octanol–water partition coefficient (Wildman–Crippen LogP) is 1.76. The summed E-state index contributed by atoms with van der Waals surface area (Å²) in [5.41, 5.74) is 3.21. The Labute approximate surface area is 125 Å². The van der Waals surface area contributed by atoms with Crippen molar-refractivity contribution in [3.8, 4) is 5.75 Å². The van der Waals surface area contributed by atoms with Crippen molar-refractivity contribution in [2.45, 2.75) is 19.3 Å². The van der Waals surface area contributed by atoms with Crippen molar-refractivity contribution in [1.29, 1.82) is 0 Å². The largest absolute Gasteiger partial charge is 0.508 e. The number of nitrogens with one attached hydrogen (secondary N) is 2. The maximum absolute atomic E-state index is 11.4. The summed E-state index contributed by atoms with van der Waals surface area (Å²) in [7, 11) is 4.11. The first kappa shape index (κ1) is 17.0. The predicted molar refractivity (Wildman–Crippen MR) is 84.6 cm³/mol. The van der Waals surface area contributed by atoms with Gasteiger partial charge in [-0.1, -0.05) is 6.42 Å². The molecule has 1 aromatic rings. The normalized spacial score (nSPS) is 11.0. The summed E-state index contributed by atoms with van der Waals surface area (Å²) in [6.45, 7) is 1.72. The van der Waals surface area contributed by atoms with Crippen LogP contribution in [0.25, 0.3) is 0 Å². The van der Waals surface area contributed by atoms with Gasteiger partial charge in [0.15, 0.2) is 0 Å². The molecule has 0 radical (unpaired) electrons. The number of phenolic OH excluding ortho intramolecular Hbond substituents is 1. The second kappa shape index (κ2) is 9.77. The van der Waals surface area contributed by atoms with E-state index in [0.717, 1.165) is 31.4 Å². The molecule has 0 saturated heterocycles. The van der Waals surface area contributed by atoms with Gasteiger partial charge in [0, 0.05) is 6.54 Å². The zero-order valence-electron chi connectivity index (χ0n) is 12.7. The Kier molecular flexibility index (Phi) is 7.89. The molecule has 0 bridgehead atoms. The van der Waals surface area contributed by atoms with E-state index in [-0.39, 0.29) is 11.8 Å². The zero-order valence-corrected chi connectivity index (χ0v) is 12.7. The van der Waals surface area contributed by atoms with Crippen LogP contribution in [0.1, 0.15) is 24.8 Å². The summed E-state index contributed by atoms with van der Waals surface area (Å²) >= 11 is 0. The van der Waals surface area contributed by atoms with Crippen molar-refractivity contribution < 1.29 is 9.90 Å². The third kappa shape index (κ3) is 8.65. The molecule has 21 heavy (non-hydrogen) atoms. The van der Waals surface area contributed by atoms with Gasteiger partial charge in [-0.2, -0.15) is 5.10 Å². The van der Waals surface area contributed by atoms with Gasteiger partial charge < -0.3 is 15.3 Å². The van der Waals surface area contributed by atoms with E-state index in [1.807, 2.05) is 0 Å². The second-order valence-corrected chi connectivity index (χ2v) is 5.08. The van der Waals surface area contributed by atoms with E-state index < -0.39 is 0 Å². The van der Waals surface area contributed by atoms with Crippen LogP contribution in [0.4, 0.5) is 4.79 Å². The number of hydrogen-bond donors (Lipinski definition) is 3. The highest BCUT2D eigenvalue weighted by atomic mass is 16.3. The van der Waals surface area contributed by atoms with Crippen LogP contribution in [0.3, 0.4) is 0 Å². The van der Waals surface area contributed by atoms with Gasteiger partial charge in [0.25, 0.3) is 0 Å². The lowest BCUT2D eigenvalue weighted by Crippen LogP contribution is -2.33. The molecular formula is C15H24N4O2. The molecule has 0 saturated carbocycles. The molecule has 0 aliphatic heterocycles. The first-order valence-corrected chi connectivity index (χ1v) is 7.08. The summed E-state index contributed by atoms with van der Waals surface area (Å²) in [6, 6.07) is 6.24. The van der Waals surface area contributed by atoms with E-state index in [4.69, 9.17) is 5.11 Å². The van der Waals surface area contributed by atoms with Crippen LogP contribution >= 0.6 is 0 Å². The lowest BCUT2D eigenvalue weighted by molar-refractivity contribution is 0.241. The van der Waals surface area contributed by atoms with Crippen LogP contribution < -0.4 is 10.7 Å². The van der Waals surface area contributed by atoms with Gasteiger partial charge >= 0.3 is 6.03 Å². The fourth-order valence-corrected chi connectivity index (χ4v) is 1.70. The van der Waals surface area contributed by atoms with Gasteiger partial charge in [-0.25, -0.2) is 10.2 Å². The van der Waals surface area contributed by atoms with E-state index >= 15 is 0 Å². The molecule has 0 aliphatic rings. The standard InChI is InChI=1S/C15H24N4O2/c1-19(2)11-5-3-4-10-16-15(21)18-17-12-13-6-8-14(20)9-7-13/h6-9,12,20H,3-5,10-11H2,1-2H3,(H2,16,18,21)/b17-12+. The van der Waals surface area contributed by atoms with E-state index in [1.54, 1.807) is 24.3 Å². The van der Waals surface area contributed by atoms with Crippen molar-refractivity contribution >= 4 is 12.2 Å². The molecule has 0 heterocycles. The Morgan fingerprint density at radius 1 is 1.24 bits per heavy atom. The molecule has 0 spiro atoms. The second-order valence-electron chi connectivity index (χ2n) is 5.08. The molecule has 116 valence electrons. The van der Waals surface area contributed by atoms with Crippen LogP contribution in [0.2, 0.25) is 0 Å². The van der Waals surface area contributed by atoms with Gasteiger partial charge in [0.1, 0.15) is 5.75 Å². The number of benzene rings is 1. The Bertz CT molecular complexity index is 443. The fraction of sp³-hybridized carbons (Fsp3) is 0.467. The Hall–Kier alpha value is -2.08. The van der Waals surface area contributed by atoms with Gasteiger partial charge in [-0.05, 0) is 63.3 Å². The molecule has 0 unspecified atom stereocenters. The molecule has 6 heteroatoms. The first-order valence-electron chi connectivity index (χ1n) is 7.08. The maximum Gasteiger partial charge on any atom is 0.335 e. The minimum absolute atomic E-state index is 0.201. The number of rotatable bonds is 8. The van der Waals surface area contributed by atoms with E-state index in [2.05, 4.69) is 34.8 Å². The van der Waals surface area contributed by atoms with Gasteiger partial charge in [-0.3, -0.25) is 0 Å². The van der Waals surface area contributed by atoms with Crippen molar-refractivity contribution in [2.24, 2.45) is 5.10 Å². The molecule has 0 aliphatic carbocycles. The van der Waals surface area contributed by atoms with E-state index in [0.29, 0.717) is 6.54 Å². The highest BCUT2D eigenvalue weighted by Crippen LogP contribution is 2.07. The minimum Gasteiger partial charge on any atom is -0.508 e. The molecule has 3 N–H and O–H groups in total. The summed E-state index contributed by atoms with van der Waals surface area (Å²) < 4.78 is 0. The number of aromatic hydroxyl groups is 1. The third-order valence-electron chi connectivity index (χ3n) is 2.84. The number of unbranched alkanes of at least 4 members (excludes halogenated alkanes) is 2.